The van der Waals surface area contributed by atoms with Crippen LogP contribution in [0.1, 0.15) is 59.3 Å². The highest BCUT2D eigenvalue weighted by molar-refractivity contribution is 5.45. The first-order chi connectivity index (χ1) is 9.23. The van der Waals surface area contributed by atoms with Crippen molar-refractivity contribution in [2.75, 3.05) is 0 Å². The van der Waals surface area contributed by atoms with Gasteiger partial charge in [-0.05, 0) is 72.3 Å². The van der Waals surface area contributed by atoms with E-state index >= 15 is 0 Å². The van der Waals surface area contributed by atoms with Crippen LogP contribution in [0.5, 0.6) is 0 Å². The summed E-state index contributed by atoms with van der Waals surface area (Å²) in [5.74, 6) is 2.38. The molecule has 0 N–H and O–H groups in total. The Labute approximate surface area is 125 Å². The zero-order chi connectivity index (χ0) is 14.7. The first kappa shape index (κ1) is 14.2. The molecule has 4 aliphatic rings. The van der Waals surface area contributed by atoms with Crippen molar-refractivity contribution >= 4 is 0 Å². The van der Waals surface area contributed by atoms with Gasteiger partial charge in [0, 0.05) is 5.92 Å². The average molecular weight is 270 g/mol. The van der Waals surface area contributed by atoms with Gasteiger partial charge < -0.3 is 0 Å². The average Bonchev–Trinajstić information content (AvgIpc) is 3.02. The van der Waals surface area contributed by atoms with Crippen LogP contribution in [0.4, 0.5) is 0 Å². The number of hydrogen-bond donors (Lipinski definition) is 0. The van der Waals surface area contributed by atoms with Crippen LogP contribution in [0.3, 0.4) is 0 Å². The summed E-state index contributed by atoms with van der Waals surface area (Å²) in [5, 5.41) is 0. The van der Waals surface area contributed by atoms with E-state index in [0.29, 0.717) is 22.7 Å². The lowest BCUT2D eigenvalue weighted by atomic mass is 9.66. The maximum Gasteiger partial charge on any atom is 0.00483 e. The Morgan fingerprint density at radius 3 is 2.00 bits per heavy atom. The van der Waals surface area contributed by atoms with E-state index < -0.39 is 0 Å². The summed E-state index contributed by atoms with van der Waals surface area (Å²) in [6, 6.07) is 0. The second-order valence-electron chi connectivity index (χ2n) is 8.66. The SMILES string of the molecule is C=C1C(=C)C2CC1CC2=C.CC1(C)CC2CCC1(C)C2. The molecular formula is C20H30. The molecule has 0 heteroatoms. The highest BCUT2D eigenvalue weighted by Crippen LogP contribution is 2.63. The van der Waals surface area contributed by atoms with Crippen molar-refractivity contribution in [3.8, 4) is 0 Å². The lowest BCUT2D eigenvalue weighted by Crippen LogP contribution is -2.29. The molecule has 4 atom stereocenters. The van der Waals surface area contributed by atoms with Crippen LogP contribution in [-0.2, 0) is 0 Å². The lowest BCUT2D eigenvalue weighted by Gasteiger charge is -2.39. The summed E-state index contributed by atoms with van der Waals surface area (Å²) in [6.45, 7) is 19.4. The molecule has 0 amide bonds. The molecule has 4 rings (SSSR count). The first-order valence-corrected chi connectivity index (χ1v) is 8.29. The predicted molar refractivity (Wildman–Crippen MR) is 87.5 cm³/mol. The molecule has 0 saturated heterocycles. The van der Waals surface area contributed by atoms with Gasteiger partial charge in [0.2, 0.25) is 0 Å². The van der Waals surface area contributed by atoms with Crippen LogP contribution < -0.4 is 0 Å². The summed E-state index contributed by atoms with van der Waals surface area (Å²) in [6.07, 6.45) is 8.42. The Hall–Kier alpha value is -0.780. The predicted octanol–water partition coefficient (Wildman–Crippen LogP) is 5.92. The van der Waals surface area contributed by atoms with Gasteiger partial charge in [-0.2, -0.15) is 0 Å². The van der Waals surface area contributed by atoms with Crippen LogP contribution in [0.2, 0.25) is 0 Å². The Morgan fingerprint density at radius 1 is 1.00 bits per heavy atom. The third-order valence-corrected chi connectivity index (χ3v) is 7.12. The standard InChI is InChI=1S/C10H12.C10H18/c1-6-4-9-5-10(6)8(3)7(9)2;1-9(2)6-8-4-5-10(9,3)7-8/h9-10H,1-5H2;8H,4-7H2,1-3H3. The third-order valence-electron chi connectivity index (χ3n) is 7.12. The third kappa shape index (κ3) is 1.95. The minimum absolute atomic E-state index is 0.595. The maximum atomic E-state index is 4.02. The van der Waals surface area contributed by atoms with Crippen LogP contribution in [0.15, 0.2) is 36.5 Å². The van der Waals surface area contributed by atoms with E-state index in [-0.39, 0.29) is 0 Å². The van der Waals surface area contributed by atoms with E-state index in [1.54, 1.807) is 0 Å². The van der Waals surface area contributed by atoms with Crippen molar-refractivity contribution in [2.24, 2.45) is 28.6 Å². The van der Waals surface area contributed by atoms with Gasteiger partial charge in [-0.1, -0.05) is 46.1 Å². The highest BCUT2D eigenvalue weighted by Gasteiger charge is 2.53. The van der Waals surface area contributed by atoms with Gasteiger partial charge in [0.25, 0.3) is 0 Å². The quantitative estimate of drug-likeness (QED) is 0.479. The molecule has 0 heterocycles. The molecular weight excluding hydrogens is 240 g/mol. The molecule has 0 aliphatic heterocycles. The van der Waals surface area contributed by atoms with Crippen molar-refractivity contribution in [3.63, 3.8) is 0 Å². The maximum absolute atomic E-state index is 4.02. The van der Waals surface area contributed by atoms with Crippen LogP contribution >= 0.6 is 0 Å². The molecule has 4 unspecified atom stereocenters. The smallest absolute Gasteiger partial charge is 0.00483 e. The summed E-state index contributed by atoms with van der Waals surface area (Å²) in [7, 11) is 0. The lowest BCUT2D eigenvalue weighted by molar-refractivity contribution is 0.113. The molecule has 110 valence electrons. The van der Waals surface area contributed by atoms with E-state index in [1.165, 1.54) is 55.2 Å². The van der Waals surface area contributed by atoms with Gasteiger partial charge >= 0.3 is 0 Å². The van der Waals surface area contributed by atoms with E-state index in [0.717, 1.165) is 5.92 Å². The van der Waals surface area contributed by atoms with Gasteiger partial charge in [-0.25, -0.2) is 0 Å². The molecule has 4 aliphatic carbocycles. The van der Waals surface area contributed by atoms with Crippen molar-refractivity contribution < 1.29 is 0 Å². The Kier molecular flexibility index (Phi) is 3.09. The molecule has 4 bridgehead atoms. The summed E-state index contributed by atoms with van der Waals surface area (Å²) < 4.78 is 0. The molecule has 0 aromatic heterocycles. The highest BCUT2D eigenvalue weighted by atomic mass is 14.6. The van der Waals surface area contributed by atoms with E-state index in [1.807, 2.05) is 0 Å². The Balaban J connectivity index is 0.000000121. The fraction of sp³-hybridized carbons (Fsp3) is 0.700. The number of allylic oxidation sites excluding steroid dienone is 3. The minimum atomic E-state index is 0.595. The molecule has 0 aromatic rings. The molecule has 20 heavy (non-hydrogen) atoms. The van der Waals surface area contributed by atoms with E-state index in [2.05, 4.69) is 40.5 Å². The molecule has 0 spiro atoms. The van der Waals surface area contributed by atoms with Crippen molar-refractivity contribution in [3.05, 3.63) is 36.5 Å². The summed E-state index contributed by atoms with van der Waals surface area (Å²) in [5.41, 5.74) is 5.27. The van der Waals surface area contributed by atoms with E-state index in [4.69, 9.17) is 0 Å². The van der Waals surface area contributed by atoms with Gasteiger partial charge in [0.1, 0.15) is 0 Å². The molecule has 0 nitrogen and oxygen atoms in total. The zero-order valence-electron chi connectivity index (χ0n) is 13.6. The van der Waals surface area contributed by atoms with Crippen LogP contribution in [-0.4, -0.2) is 0 Å². The van der Waals surface area contributed by atoms with Crippen LogP contribution in [0, 0.1) is 28.6 Å². The number of fused-ring (bicyclic) bond motifs is 4. The summed E-state index contributed by atoms with van der Waals surface area (Å²) in [4.78, 5) is 0. The zero-order valence-corrected chi connectivity index (χ0v) is 13.6. The summed E-state index contributed by atoms with van der Waals surface area (Å²) >= 11 is 0. The van der Waals surface area contributed by atoms with Crippen molar-refractivity contribution in [1.82, 2.24) is 0 Å². The van der Waals surface area contributed by atoms with Crippen molar-refractivity contribution in [2.45, 2.75) is 59.3 Å². The van der Waals surface area contributed by atoms with Gasteiger partial charge in [0.15, 0.2) is 0 Å². The van der Waals surface area contributed by atoms with Gasteiger partial charge in [0.05, 0.1) is 0 Å². The van der Waals surface area contributed by atoms with Crippen molar-refractivity contribution in [1.29, 1.82) is 0 Å². The normalized spacial score (nSPS) is 44.0. The second kappa shape index (κ2) is 4.36. The van der Waals surface area contributed by atoms with Crippen LogP contribution in [0.25, 0.3) is 0 Å². The number of hydrogen-bond acceptors (Lipinski definition) is 0. The van der Waals surface area contributed by atoms with Gasteiger partial charge in [-0.15, -0.1) is 0 Å². The molecule has 4 saturated carbocycles. The largest absolute Gasteiger partial charge is 0.0992 e. The first-order valence-electron chi connectivity index (χ1n) is 8.29. The molecule has 4 fully saturated rings. The monoisotopic (exact) mass is 270 g/mol. The fourth-order valence-corrected chi connectivity index (χ4v) is 5.25. The molecule has 0 radical (unpaired) electrons. The second-order valence-corrected chi connectivity index (χ2v) is 8.66. The van der Waals surface area contributed by atoms with E-state index in [9.17, 15) is 0 Å². The topological polar surface area (TPSA) is 0 Å². The Morgan fingerprint density at radius 2 is 1.70 bits per heavy atom. The van der Waals surface area contributed by atoms with Gasteiger partial charge in [-0.3, -0.25) is 0 Å². The molecule has 0 aromatic carbocycles. The Bertz CT molecular complexity index is 476. The number of rotatable bonds is 0. The minimum Gasteiger partial charge on any atom is -0.0992 e. The fourth-order valence-electron chi connectivity index (χ4n) is 5.25.